The van der Waals surface area contributed by atoms with E-state index in [-0.39, 0.29) is 12.5 Å². The van der Waals surface area contributed by atoms with Crippen molar-refractivity contribution in [1.82, 2.24) is 9.47 Å². The first-order valence-corrected chi connectivity index (χ1v) is 11.4. The molecule has 2 heterocycles. The second kappa shape index (κ2) is 8.44. The van der Waals surface area contributed by atoms with Crippen molar-refractivity contribution in [3.8, 4) is 11.3 Å². The number of carbonyl (C=O) groups is 2. The Morgan fingerprint density at radius 3 is 2.43 bits per heavy atom. The van der Waals surface area contributed by atoms with Crippen LogP contribution >= 0.6 is 22.9 Å². The van der Waals surface area contributed by atoms with Gasteiger partial charge in [-0.1, -0.05) is 43.0 Å². The van der Waals surface area contributed by atoms with E-state index >= 15 is 0 Å². The Morgan fingerprint density at radius 1 is 1.17 bits per heavy atom. The normalized spacial score (nSPS) is 14.9. The van der Waals surface area contributed by atoms with Crippen LogP contribution in [0, 0.1) is 0 Å². The second-order valence-corrected chi connectivity index (χ2v) is 9.60. The lowest BCUT2D eigenvalue weighted by Gasteiger charge is -2.24. The first kappa shape index (κ1) is 20.9. The maximum atomic E-state index is 12.7. The topological polar surface area (TPSA) is 62.5 Å². The van der Waals surface area contributed by atoms with E-state index in [9.17, 15) is 14.7 Å². The van der Waals surface area contributed by atoms with E-state index < -0.39 is 5.97 Å². The summed E-state index contributed by atoms with van der Waals surface area (Å²) < 4.78 is 3.00. The lowest BCUT2D eigenvalue weighted by Crippen LogP contribution is -2.26. The van der Waals surface area contributed by atoms with Gasteiger partial charge in [-0.2, -0.15) is 0 Å². The van der Waals surface area contributed by atoms with Gasteiger partial charge in [-0.05, 0) is 48.1 Å². The Kier molecular flexibility index (Phi) is 5.89. The smallest absolute Gasteiger partial charge is 0.345 e. The quantitative estimate of drug-likeness (QED) is 0.536. The van der Waals surface area contributed by atoms with Gasteiger partial charge in [0.2, 0.25) is 5.91 Å². The molecule has 0 aliphatic heterocycles. The highest BCUT2D eigenvalue weighted by Gasteiger charge is 2.29. The Labute approximate surface area is 184 Å². The second-order valence-electron chi connectivity index (χ2n) is 8.11. The molecule has 0 atom stereocenters. The van der Waals surface area contributed by atoms with E-state index in [1.54, 1.807) is 25.1 Å². The summed E-state index contributed by atoms with van der Waals surface area (Å²) in [6, 6.07) is 9.43. The number of aromatic nitrogens is 1. The van der Waals surface area contributed by atoms with E-state index in [4.69, 9.17) is 11.6 Å². The number of hydrogen-bond donors (Lipinski definition) is 1. The largest absolute Gasteiger partial charge is 0.477 e. The number of carboxylic acids is 1. The van der Waals surface area contributed by atoms with Crippen molar-refractivity contribution < 1.29 is 14.7 Å². The van der Waals surface area contributed by atoms with Crippen LogP contribution in [0.15, 0.2) is 30.3 Å². The van der Waals surface area contributed by atoms with Gasteiger partial charge in [0.25, 0.3) is 0 Å². The maximum Gasteiger partial charge on any atom is 0.345 e. The molecule has 7 heteroatoms. The van der Waals surface area contributed by atoms with Crippen LogP contribution in [0.5, 0.6) is 0 Å². The van der Waals surface area contributed by atoms with E-state index in [1.165, 1.54) is 36.2 Å². The molecule has 158 valence electrons. The third-order valence-electron chi connectivity index (χ3n) is 5.91. The predicted molar refractivity (Wildman–Crippen MR) is 122 cm³/mol. The van der Waals surface area contributed by atoms with Crippen molar-refractivity contribution in [3.05, 3.63) is 45.8 Å². The molecule has 0 bridgehead atoms. The molecule has 0 unspecified atom stereocenters. The SMILES string of the molecule is CN(C)C(=O)Cn1c(-c2ccc(Cl)cc2)c(C2CCCCC2)c2sc(C(=O)O)cc21. The zero-order valence-electron chi connectivity index (χ0n) is 17.2. The van der Waals surface area contributed by atoms with E-state index in [0.717, 1.165) is 34.3 Å². The number of thiophene rings is 1. The van der Waals surface area contributed by atoms with Gasteiger partial charge in [-0.15, -0.1) is 11.3 Å². The van der Waals surface area contributed by atoms with Gasteiger partial charge in [0.15, 0.2) is 0 Å². The Balaban J connectivity index is 2.00. The summed E-state index contributed by atoms with van der Waals surface area (Å²) in [5, 5.41) is 10.3. The Bertz CT molecular complexity index is 1090. The molecule has 30 heavy (non-hydrogen) atoms. The number of hydrogen-bond acceptors (Lipinski definition) is 3. The van der Waals surface area contributed by atoms with Gasteiger partial charge in [-0.3, -0.25) is 4.79 Å². The van der Waals surface area contributed by atoms with E-state index in [1.807, 2.05) is 28.8 Å². The molecule has 4 rings (SSSR count). The molecule has 3 aromatic rings. The van der Waals surface area contributed by atoms with Crippen LogP contribution in [0.1, 0.15) is 53.3 Å². The maximum absolute atomic E-state index is 12.7. The van der Waals surface area contributed by atoms with Crippen LogP contribution in [0.2, 0.25) is 5.02 Å². The standard InChI is InChI=1S/C23H25ClN2O3S/c1-25(2)19(27)13-26-17-12-18(23(28)29)30-22(17)20(14-6-4-3-5-7-14)21(26)15-8-10-16(24)11-9-15/h8-12,14H,3-7,13H2,1-2H3,(H,28,29). The summed E-state index contributed by atoms with van der Waals surface area (Å²) in [4.78, 5) is 26.3. The number of benzene rings is 1. The molecule has 0 saturated heterocycles. The lowest BCUT2D eigenvalue weighted by molar-refractivity contribution is -0.129. The lowest BCUT2D eigenvalue weighted by atomic mass is 9.83. The summed E-state index contributed by atoms with van der Waals surface area (Å²) in [5.41, 5.74) is 4.05. The number of fused-ring (bicyclic) bond motifs is 1. The molecule has 1 N–H and O–H groups in total. The number of nitrogens with zero attached hydrogens (tertiary/aromatic N) is 2. The van der Waals surface area contributed by atoms with Crippen molar-refractivity contribution in [2.45, 2.75) is 44.6 Å². The van der Waals surface area contributed by atoms with Crippen LogP contribution in [-0.4, -0.2) is 40.5 Å². The molecular weight excluding hydrogens is 420 g/mol. The van der Waals surface area contributed by atoms with Crippen LogP contribution in [0.3, 0.4) is 0 Å². The zero-order valence-corrected chi connectivity index (χ0v) is 18.7. The van der Waals surface area contributed by atoms with E-state index in [2.05, 4.69) is 0 Å². The minimum Gasteiger partial charge on any atom is -0.477 e. The van der Waals surface area contributed by atoms with Gasteiger partial charge in [-0.25, -0.2) is 4.79 Å². The van der Waals surface area contributed by atoms with Gasteiger partial charge < -0.3 is 14.6 Å². The number of rotatable bonds is 5. The van der Waals surface area contributed by atoms with Gasteiger partial charge >= 0.3 is 5.97 Å². The van der Waals surface area contributed by atoms with Crippen LogP contribution in [0.4, 0.5) is 0 Å². The molecule has 5 nitrogen and oxygen atoms in total. The minimum absolute atomic E-state index is 0.0274. The molecule has 0 radical (unpaired) electrons. The first-order chi connectivity index (χ1) is 14.4. The fourth-order valence-corrected chi connectivity index (χ4v) is 5.63. The molecule has 1 amide bonds. The highest BCUT2D eigenvalue weighted by molar-refractivity contribution is 7.21. The van der Waals surface area contributed by atoms with Crippen molar-refractivity contribution in [2.75, 3.05) is 14.1 Å². The molecule has 1 aromatic carbocycles. The third-order valence-corrected chi connectivity index (χ3v) is 7.30. The van der Waals surface area contributed by atoms with Crippen molar-refractivity contribution >= 4 is 45.0 Å². The average Bonchev–Trinajstić information content (AvgIpc) is 3.27. The number of carbonyl (C=O) groups excluding carboxylic acids is 1. The number of likely N-dealkylation sites (N-methyl/N-ethyl adjacent to an activating group) is 1. The van der Waals surface area contributed by atoms with Crippen LogP contribution < -0.4 is 0 Å². The summed E-state index contributed by atoms with van der Waals surface area (Å²) >= 11 is 7.46. The Morgan fingerprint density at radius 2 is 1.83 bits per heavy atom. The number of halogens is 1. The molecule has 1 aliphatic rings. The highest BCUT2D eigenvalue weighted by atomic mass is 35.5. The van der Waals surface area contributed by atoms with Crippen molar-refractivity contribution in [1.29, 1.82) is 0 Å². The highest BCUT2D eigenvalue weighted by Crippen LogP contribution is 2.46. The fraction of sp³-hybridized carbons (Fsp3) is 0.391. The van der Waals surface area contributed by atoms with E-state index in [0.29, 0.717) is 15.8 Å². The van der Waals surface area contributed by atoms with Gasteiger partial charge in [0.1, 0.15) is 11.4 Å². The van der Waals surface area contributed by atoms with Crippen LogP contribution in [0.25, 0.3) is 21.5 Å². The molecule has 1 saturated carbocycles. The van der Waals surface area contributed by atoms with Crippen molar-refractivity contribution in [3.63, 3.8) is 0 Å². The minimum atomic E-state index is -0.927. The Hall–Kier alpha value is -2.31. The molecular formula is C23H25ClN2O3S. The molecule has 2 aromatic heterocycles. The summed E-state index contributed by atoms with van der Waals surface area (Å²) in [5.74, 6) is -0.590. The van der Waals surface area contributed by atoms with Crippen molar-refractivity contribution in [2.24, 2.45) is 0 Å². The number of carboxylic acid groups (broad SMARTS) is 1. The summed E-state index contributed by atoms with van der Waals surface area (Å²) in [7, 11) is 3.48. The molecule has 1 fully saturated rings. The monoisotopic (exact) mass is 444 g/mol. The summed E-state index contributed by atoms with van der Waals surface area (Å²) in [6.07, 6.45) is 5.75. The first-order valence-electron chi connectivity index (χ1n) is 10.2. The summed E-state index contributed by atoms with van der Waals surface area (Å²) in [6.45, 7) is 0.171. The van der Waals surface area contributed by atoms with Gasteiger partial charge in [0.05, 0.1) is 15.9 Å². The number of aromatic carboxylic acids is 1. The predicted octanol–water partition coefficient (Wildman–Crippen LogP) is 5.86. The fourth-order valence-electron chi connectivity index (χ4n) is 4.38. The third kappa shape index (κ3) is 3.86. The molecule has 0 spiro atoms. The number of amides is 1. The average molecular weight is 445 g/mol. The zero-order chi connectivity index (χ0) is 21.4. The molecule has 1 aliphatic carbocycles. The van der Waals surface area contributed by atoms with Crippen LogP contribution in [-0.2, 0) is 11.3 Å². The van der Waals surface area contributed by atoms with Gasteiger partial charge in [0, 0.05) is 19.1 Å².